The molecule has 0 amide bonds. The Kier molecular flexibility index (Phi) is 7.33. The molecule has 10 rings (SSSR count). The first-order chi connectivity index (χ1) is 25.8. The van der Waals surface area contributed by atoms with Crippen molar-refractivity contribution in [2.75, 3.05) is 0 Å². The highest BCUT2D eigenvalue weighted by Gasteiger charge is 2.24. The van der Waals surface area contributed by atoms with Crippen LogP contribution in [0.25, 0.3) is 98.6 Å². The van der Waals surface area contributed by atoms with Crippen molar-refractivity contribution >= 4 is 43.4 Å². The fraction of sp³-hybridized carbons (Fsp3) is 0. The van der Waals surface area contributed by atoms with Crippen molar-refractivity contribution in [3.05, 3.63) is 182 Å². The van der Waals surface area contributed by atoms with E-state index in [1.54, 1.807) is 0 Å². The van der Waals surface area contributed by atoms with Crippen LogP contribution in [0.4, 0.5) is 0 Å². The van der Waals surface area contributed by atoms with Gasteiger partial charge in [-0.05, 0) is 81.9 Å². The number of hydrogen-bond donors (Lipinski definition) is 0. The lowest BCUT2D eigenvalue weighted by Gasteiger charge is -2.14. The number of thiophene rings is 1. The highest BCUT2D eigenvalue weighted by Crippen LogP contribution is 2.51. The van der Waals surface area contributed by atoms with Crippen molar-refractivity contribution in [3.8, 4) is 66.5 Å². The lowest BCUT2D eigenvalue weighted by Crippen LogP contribution is -1.91. The van der Waals surface area contributed by atoms with E-state index in [4.69, 9.17) is 14.4 Å². The summed E-state index contributed by atoms with van der Waals surface area (Å²) in [5.74, 6) is 0.619. The topological polar surface area (TPSA) is 38.9 Å². The van der Waals surface area contributed by atoms with Crippen LogP contribution in [0.15, 0.2) is 186 Å². The molecule has 0 saturated carbocycles. The molecule has 0 atom stereocenters. The third-order valence-electron chi connectivity index (χ3n) is 9.70. The molecule has 0 saturated heterocycles. The number of fused-ring (bicyclic) bond motifs is 4. The first kappa shape index (κ1) is 30.2. The van der Waals surface area contributed by atoms with Crippen molar-refractivity contribution in [1.82, 2.24) is 9.97 Å². The molecule has 3 heterocycles. The van der Waals surface area contributed by atoms with Crippen molar-refractivity contribution in [1.29, 1.82) is 0 Å². The normalized spacial score (nSPS) is 11.5. The molecule has 3 nitrogen and oxygen atoms in total. The van der Waals surface area contributed by atoms with Gasteiger partial charge >= 0.3 is 0 Å². The van der Waals surface area contributed by atoms with E-state index >= 15 is 0 Å². The number of oxazole rings is 1. The second kappa shape index (κ2) is 12.6. The maximum Gasteiger partial charge on any atom is 0.227 e. The minimum absolute atomic E-state index is 0.619. The third kappa shape index (κ3) is 5.29. The molecule has 0 radical (unpaired) electrons. The Hall–Kier alpha value is -6.62. The van der Waals surface area contributed by atoms with Gasteiger partial charge < -0.3 is 4.42 Å². The molecule has 7 aromatic carbocycles. The van der Waals surface area contributed by atoms with E-state index < -0.39 is 0 Å². The number of rotatable bonds is 6. The third-order valence-corrected chi connectivity index (χ3v) is 11.0. The molecule has 0 bridgehead atoms. The molecular formula is C48H30N2OS. The van der Waals surface area contributed by atoms with Gasteiger partial charge in [0.15, 0.2) is 5.58 Å². The van der Waals surface area contributed by atoms with Crippen LogP contribution < -0.4 is 0 Å². The summed E-state index contributed by atoms with van der Waals surface area (Å²) < 4.78 is 7.37. The quantitative estimate of drug-likeness (QED) is 0.175. The van der Waals surface area contributed by atoms with Crippen LogP contribution in [0.3, 0.4) is 0 Å². The summed E-state index contributed by atoms with van der Waals surface area (Å²) in [6.07, 6.45) is 0. The van der Waals surface area contributed by atoms with E-state index in [2.05, 4.69) is 158 Å². The molecule has 3 aromatic heterocycles. The van der Waals surface area contributed by atoms with Crippen LogP contribution in [0.2, 0.25) is 0 Å². The average molecular weight is 683 g/mol. The number of aromatic nitrogens is 2. The van der Waals surface area contributed by atoms with E-state index in [1.165, 1.54) is 37.4 Å². The van der Waals surface area contributed by atoms with E-state index in [0.717, 1.165) is 55.3 Å². The molecule has 244 valence electrons. The van der Waals surface area contributed by atoms with Gasteiger partial charge in [0, 0.05) is 37.0 Å². The highest BCUT2D eigenvalue weighted by molar-refractivity contribution is 7.24. The predicted molar refractivity (Wildman–Crippen MR) is 217 cm³/mol. The number of benzene rings is 7. The van der Waals surface area contributed by atoms with Crippen molar-refractivity contribution in [2.45, 2.75) is 0 Å². The SMILES string of the molecule is c1ccc(-c2cc(-c3ccccc3)cc(-c3c(-c4ccc(-c5nc6ccccc6o5)cc4)sc4c3c(-c3ccccc3)nc3ccccc34)c2)cc1. The standard InChI is InChI=1S/C48H30N2OS/c1-4-14-31(15-5-1)36-28-37(32-16-6-2-7-17-32)30-38(29-36)43-44-45(33-18-8-3-9-19-33)49-40-21-11-10-20-39(40)47(44)52-46(43)34-24-26-35(27-25-34)48-50-41-22-12-13-23-42(41)51-48/h1-30H. The van der Waals surface area contributed by atoms with Crippen LogP contribution in [-0.2, 0) is 0 Å². The van der Waals surface area contributed by atoms with Gasteiger partial charge in [0.05, 0.1) is 11.2 Å². The summed E-state index contributed by atoms with van der Waals surface area (Å²) >= 11 is 1.84. The second-order valence-electron chi connectivity index (χ2n) is 12.9. The van der Waals surface area contributed by atoms with Crippen molar-refractivity contribution < 1.29 is 4.42 Å². The van der Waals surface area contributed by atoms with Gasteiger partial charge in [-0.2, -0.15) is 0 Å². The monoisotopic (exact) mass is 682 g/mol. The maximum atomic E-state index is 6.15. The zero-order valence-electron chi connectivity index (χ0n) is 28.0. The van der Waals surface area contributed by atoms with Crippen LogP contribution in [0.5, 0.6) is 0 Å². The average Bonchev–Trinajstić information content (AvgIpc) is 3.85. The Labute approximate surface area is 305 Å². The van der Waals surface area contributed by atoms with E-state index in [9.17, 15) is 0 Å². The number of pyridine rings is 1. The van der Waals surface area contributed by atoms with Crippen LogP contribution in [0.1, 0.15) is 0 Å². The van der Waals surface area contributed by atoms with Gasteiger partial charge in [0.1, 0.15) is 5.52 Å². The highest BCUT2D eigenvalue weighted by atomic mass is 32.1. The number of nitrogens with zero attached hydrogens (tertiary/aromatic N) is 2. The van der Waals surface area contributed by atoms with Crippen LogP contribution in [-0.4, -0.2) is 9.97 Å². The molecular weight excluding hydrogens is 653 g/mol. The summed E-state index contributed by atoms with van der Waals surface area (Å²) in [5.41, 5.74) is 13.8. The minimum atomic E-state index is 0.619. The molecule has 10 aromatic rings. The first-order valence-corrected chi connectivity index (χ1v) is 18.2. The minimum Gasteiger partial charge on any atom is -0.436 e. The summed E-state index contributed by atoms with van der Waals surface area (Å²) in [6, 6.07) is 64.0. The Morgan fingerprint density at radius 1 is 0.404 bits per heavy atom. The number of hydrogen-bond acceptors (Lipinski definition) is 4. The molecule has 0 aliphatic rings. The molecule has 0 fully saturated rings. The zero-order valence-corrected chi connectivity index (χ0v) is 28.8. The first-order valence-electron chi connectivity index (χ1n) is 17.4. The number of para-hydroxylation sites is 3. The largest absolute Gasteiger partial charge is 0.436 e. The van der Waals surface area contributed by atoms with Gasteiger partial charge in [0.25, 0.3) is 0 Å². The van der Waals surface area contributed by atoms with E-state index in [1.807, 2.05) is 35.6 Å². The molecule has 0 aliphatic heterocycles. The van der Waals surface area contributed by atoms with E-state index in [0.29, 0.717) is 5.89 Å². The van der Waals surface area contributed by atoms with Crippen LogP contribution >= 0.6 is 11.3 Å². The van der Waals surface area contributed by atoms with Gasteiger partial charge in [-0.1, -0.05) is 133 Å². The summed E-state index contributed by atoms with van der Waals surface area (Å²) in [7, 11) is 0. The maximum absolute atomic E-state index is 6.15. The predicted octanol–water partition coefficient (Wildman–Crippen LogP) is 13.6. The molecule has 0 unspecified atom stereocenters. The molecule has 0 spiro atoms. The summed E-state index contributed by atoms with van der Waals surface area (Å²) in [4.78, 5) is 11.4. The van der Waals surface area contributed by atoms with Gasteiger partial charge in [-0.3, -0.25) is 0 Å². The lowest BCUT2D eigenvalue weighted by atomic mass is 9.90. The Morgan fingerprint density at radius 2 is 0.942 bits per heavy atom. The molecule has 0 aliphatic carbocycles. The van der Waals surface area contributed by atoms with Crippen molar-refractivity contribution in [3.63, 3.8) is 0 Å². The molecule has 52 heavy (non-hydrogen) atoms. The molecule has 4 heteroatoms. The van der Waals surface area contributed by atoms with Gasteiger partial charge in [0.2, 0.25) is 5.89 Å². The van der Waals surface area contributed by atoms with Crippen molar-refractivity contribution in [2.24, 2.45) is 0 Å². The fourth-order valence-corrected chi connectivity index (χ4v) is 8.56. The lowest BCUT2D eigenvalue weighted by molar-refractivity contribution is 0.620. The zero-order chi connectivity index (χ0) is 34.4. The fourth-order valence-electron chi connectivity index (χ4n) is 7.20. The van der Waals surface area contributed by atoms with Gasteiger partial charge in [-0.15, -0.1) is 11.3 Å². The Morgan fingerprint density at radius 3 is 1.60 bits per heavy atom. The van der Waals surface area contributed by atoms with E-state index in [-0.39, 0.29) is 0 Å². The summed E-state index contributed by atoms with van der Waals surface area (Å²) in [5, 5.41) is 2.32. The summed E-state index contributed by atoms with van der Waals surface area (Å²) in [6.45, 7) is 0. The van der Waals surface area contributed by atoms with Crippen LogP contribution in [0, 0.1) is 0 Å². The Balaban J connectivity index is 1.27. The Bertz CT molecular complexity index is 2780. The van der Waals surface area contributed by atoms with Gasteiger partial charge in [-0.25, -0.2) is 9.97 Å². The second-order valence-corrected chi connectivity index (χ2v) is 14.0. The molecule has 0 N–H and O–H groups in total. The smallest absolute Gasteiger partial charge is 0.227 e.